The number of carbonyl (C=O) groups is 2. The van der Waals surface area contributed by atoms with E-state index >= 15 is 0 Å². The molecule has 9 nitrogen and oxygen atoms in total. The lowest BCUT2D eigenvalue weighted by atomic mass is 10.2. The average Bonchev–Trinajstić information content (AvgIpc) is 3.04. The van der Waals surface area contributed by atoms with Crippen molar-refractivity contribution in [1.29, 1.82) is 0 Å². The molecule has 0 aliphatic carbocycles. The predicted molar refractivity (Wildman–Crippen MR) is 116 cm³/mol. The summed E-state index contributed by atoms with van der Waals surface area (Å²) in [7, 11) is 3.51. The van der Waals surface area contributed by atoms with Crippen molar-refractivity contribution in [3.8, 4) is 0 Å². The fourth-order valence-corrected chi connectivity index (χ4v) is 2.74. The van der Waals surface area contributed by atoms with Gasteiger partial charge >= 0.3 is 0 Å². The van der Waals surface area contributed by atoms with Crippen LogP contribution in [0, 0.1) is 0 Å². The number of nitrogens with one attached hydrogen (secondary N) is 2. The molecular formula is C17H30IN7O2. The van der Waals surface area contributed by atoms with Crippen LogP contribution in [-0.4, -0.2) is 71.7 Å². The van der Waals surface area contributed by atoms with E-state index in [1.807, 2.05) is 32.0 Å². The van der Waals surface area contributed by atoms with Gasteiger partial charge in [0.05, 0.1) is 11.9 Å². The summed E-state index contributed by atoms with van der Waals surface area (Å²) < 4.78 is 1.68. The van der Waals surface area contributed by atoms with E-state index in [2.05, 4.69) is 20.7 Å². The fraction of sp³-hybridized carbons (Fsp3) is 0.647. The largest absolute Gasteiger partial charge is 0.356 e. The number of anilines is 1. The molecule has 0 radical (unpaired) electrons. The molecule has 2 amide bonds. The fourth-order valence-electron chi connectivity index (χ4n) is 2.74. The first-order valence-corrected chi connectivity index (χ1v) is 8.98. The van der Waals surface area contributed by atoms with Gasteiger partial charge in [0.1, 0.15) is 6.54 Å². The molecule has 1 saturated heterocycles. The number of piperazine rings is 1. The zero-order valence-corrected chi connectivity index (χ0v) is 18.8. The van der Waals surface area contributed by atoms with Crippen LogP contribution in [0.3, 0.4) is 0 Å². The minimum atomic E-state index is 0. The SMILES string of the molecule is CCC(C)NC(=O)CCNC(=NC)N1CCN(c2cnn(C)c2)C(=O)C1.I. The molecule has 1 aliphatic rings. The molecule has 0 bridgehead atoms. The quantitative estimate of drug-likeness (QED) is 0.345. The number of carbonyl (C=O) groups excluding carboxylic acids is 2. The number of hydrogen-bond acceptors (Lipinski definition) is 4. The summed E-state index contributed by atoms with van der Waals surface area (Å²) in [6, 6.07) is 0.181. The Balaban J connectivity index is 0.00000364. The number of aliphatic imine (C=N–C) groups is 1. The summed E-state index contributed by atoms with van der Waals surface area (Å²) in [6.45, 7) is 5.98. The minimum absolute atomic E-state index is 0. The van der Waals surface area contributed by atoms with E-state index in [0.717, 1.165) is 12.1 Å². The van der Waals surface area contributed by atoms with Gasteiger partial charge in [0.25, 0.3) is 0 Å². The lowest BCUT2D eigenvalue weighted by molar-refractivity contribution is -0.122. The van der Waals surface area contributed by atoms with Crippen molar-refractivity contribution in [3.63, 3.8) is 0 Å². The standard InChI is InChI=1S/C17H29N7O2.HI/c1-5-13(2)21-15(25)6-7-19-17(18-3)23-8-9-24(16(26)12-23)14-10-20-22(4)11-14;/h10-11,13H,5-9,12H2,1-4H3,(H,18,19)(H,21,25);1H. The Morgan fingerprint density at radius 2 is 2.15 bits per heavy atom. The summed E-state index contributed by atoms with van der Waals surface area (Å²) in [5.41, 5.74) is 0.807. The highest BCUT2D eigenvalue weighted by atomic mass is 127. The number of aryl methyl sites for hydroxylation is 1. The number of guanidine groups is 1. The predicted octanol–water partition coefficient (Wildman–Crippen LogP) is 0.567. The smallest absolute Gasteiger partial charge is 0.246 e. The Bertz CT molecular complexity index is 661. The summed E-state index contributed by atoms with van der Waals surface area (Å²) in [5, 5.41) is 10.2. The molecular weight excluding hydrogens is 461 g/mol. The molecule has 1 aromatic heterocycles. The zero-order valence-electron chi connectivity index (χ0n) is 16.4. The van der Waals surface area contributed by atoms with Gasteiger partial charge in [-0.25, -0.2) is 0 Å². The first kappa shape index (κ1) is 23.2. The maximum absolute atomic E-state index is 12.5. The van der Waals surface area contributed by atoms with Gasteiger partial charge in [0.15, 0.2) is 5.96 Å². The molecule has 1 aliphatic heterocycles. The van der Waals surface area contributed by atoms with E-state index in [1.165, 1.54) is 0 Å². The Morgan fingerprint density at radius 1 is 1.41 bits per heavy atom. The van der Waals surface area contributed by atoms with Crippen LogP contribution in [0.25, 0.3) is 0 Å². The van der Waals surface area contributed by atoms with E-state index in [0.29, 0.717) is 32.0 Å². The summed E-state index contributed by atoms with van der Waals surface area (Å²) in [5.74, 6) is 0.655. The second-order valence-corrected chi connectivity index (χ2v) is 6.44. The molecule has 0 spiro atoms. The first-order valence-electron chi connectivity index (χ1n) is 8.98. The summed E-state index contributed by atoms with van der Waals surface area (Å²) in [6.07, 6.45) is 4.80. The highest BCUT2D eigenvalue weighted by molar-refractivity contribution is 14.0. The Hall–Kier alpha value is -1.85. The lowest BCUT2D eigenvalue weighted by Gasteiger charge is -2.35. The monoisotopic (exact) mass is 491 g/mol. The van der Waals surface area contributed by atoms with Gasteiger partial charge in [-0.3, -0.25) is 19.3 Å². The second-order valence-electron chi connectivity index (χ2n) is 6.44. The maximum Gasteiger partial charge on any atom is 0.246 e. The molecule has 10 heteroatoms. The van der Waals surface area contributed by atoms with Crippen LogP contribution in [0.2, 0.25) is 0 Å². The third-order valence-electron chi connectivity index (χ3n) is 4.39. The van der Waals surface area contributed by atoms with Crippen molar-refractivity contribution in [3.05, 3.63) is 12.4 Å². The molecule has 1 unspecified atom stereocenters. The number of halogens is 1. The highest BCUT2D eigenvalue weighted by Crippen LogP contribution is 2.15. The number of aromatic nitrogens is 2. The van der Waals surface area contributed by atoms with Crippen molar-refractivity contribution in [2.75, 3.05) is 38.1 Å². The van der Waals surface area contributed by atoms with Crippen molar-refractivity contribution in [1.82, 2.24) is 25.3 Å². The third kappa shape index (κ3) is 6.67. The van der Waals surface area contributed by atoms with Crippen LogP contribution in [0.4, 0.5) is 5.69 Å². The molecule has 1 fully saturated rings. The zero-order chi connectivity index (χ0) is 19.1. The van der Waals surface area contributed by atoms with E-state index in [1.54, 1.807) is 22.8 Å². The molecule has 152 valence electrons. The van der Waals surface area contributed by atoms with Gasteiger partial charge in [-0.2, -0.15) is 5.10 Å². The van der Waals surface area contributed by atoms with E-state index in [-0.39, 0.29) is 48.4 Å². The lowest BCUT2D eigenvalue weighted by Crippen LogP contribution is -2.55. The summed E-state index contributed by atoms with van der Waals surface area (Å²) in [4.78, 5) is 32.2. The van der Waals surface area contributed by atoms with Gasteiger partial charge < -0.3 is 20.4 Å². The van der Waals surface area contributed by atoms with Crippen LogP contribution >= 0.6 is 24.0 Å². The van der Waals surface area contributed by atoms with Crippen molar-refractivity contribution in [2.45, 2.75) is 32.7 Å². The van der Waals surface area contributed by atoms with Gasteiger partial charge in [-0.15, -0.1) is 24.0 Å². The van der Waals surface area contributed by atoms with Crippen molar-refractivity contribution < 1.29 is 9.59 Å². The topological polar surface area (TPSA) is 94.9 Å². The van der Waals surface area contributed by atoms with Crippen molar-refractivity contribution in [2.24, 2.45) is 12.0 Å². The van der Waals surface area contributed by atoms with Crippen LogP contribution in [0.15, 0.2) is 17.4 Å². The molecule has 2 rings (SSSR count). The van der Waals surface area contributed by atoms with Gasteiger partial charge in [0.2, 0.25) is 11.8 Å². The Labute approximate surface area is 177 Å². The van der Waals surface area contributed by atoms with Crippen LogP contribution < -0.4 is 15.5 Å². The third-order valence-corrected chi connectivity index (χ3v) is 4.39. The summed E-state index contributed by atoms with van der Waals surface area (Å²) >= 11 is 0. The van der Waals surface area contributed by atoms with Gasteiger partial charge in [0, 0.05) is 52.4 Å². The van der Waals surface area contributed by atoms with E-state index in [4.69, 9.17) is 0 Å². The molecule has 1 atom stereocenters. The molecule has 2 heterocycles. The molecule has 27 heavy (non-hydrogen) atoms. The number of nitrogens with zero attached hydrogens (tertiary/aromatic N) is 5. The molecule has 0 aromatic carbocycles. The molecule has 2 N–H and O–H groups in total. The Kier molecular flexibility index (Phi) is 9.53. The van der Waals surface area contributed by atoms with E-state index < -0.39 is 0 Å². The van der Waals surface area contributed by atoms with E-state index in [9.17, 15) is 9.59 Å². The Morgan fingerprint density at radius 3 is 2.70 bits per heavy atom. The molecule has 1 aromatic rings. The minimum Gasteiger partial charge on any atom is -0.356 e. The number of amides is 2. The van der Waals surface area contributed by atoms with Crippen molar-refractivity contribution >= 4 is 47.4 Å². The molecule has 0 saturated carbocycles. The van der Waals surface area contributed by atoms with Crippen LogP contribution in [-0.2, 0) is 16.6 Å². The number of rotatable bonds is 6. The maximum atomic E-state index is 12.5. The first-order chi connectivity index (χ1) is 12.4. The average molecular weight is 491 g/mol. The van der Waals surface area contributed by atoms with Gasteiger partial charge in [-0.05, 0) is 13.3 Å². The van der Waals surface area contributed by atoms with Crippen LogP contribution in [0.1, 0.15) is 26.7 Å². The van der Waals surface area contributed by atoms with Gasteiger partial charge in [-0.1, -0.05) is 6.92 Å². The second kappa shape index (κ2) is 11.1. The number of hydrogen-bond donors (Lipinski definition) is 2. The normalized spacial score (nSPS) is 16.0. The van der Waals surface area contributed by atoms with Crippen LogP contribution in [0.5, 0.6) is 0 Å². The highest BCUT2D eigenvalue weighted by Gasteiger charge is 2.27.